The Balaban J connectivity index is 3.97. The Hall–Kier alpha value is -0.160. The van der Waals surface area contributed by atoms with Crippen LogP contribution in [-0.2, 0) is 4.74 Å². The summed E-state index contributed by atoms with van der Waals surface area (Å²) in [5.74, 6) is 0.194. The third-order valence-electron chi connectivity index (χ3n) is 2.72. The summed E-state index contributed by atoms with van der Waals surface area (Å²) in [5.41, 5.74) is -0.721. The molecule has 0 aliphatic carbocycles. The molecule has 0 aliphatic heterocycles. The van der Waals surface area contributed by atoms with Gasteiger partial charge in [0.05, 0.1) is 18.3 Å². The van der Waals surface area contributed by atoms with E-state index in [1.54, 1.807) is 7.11 Å². The fraction of sp³-hybridized carbons (Fsp3) is 1.00. The van der Waals surface area contributed by atoms with Crippen molar-refractivity contribution in [3.63, 3.8) is 0 Å². The molecule has 0 aliphatic rings. The van der Waals surface area contributed by atoms with Crippen molar-refractivity contribution in [3.05, 3.63) is 0 Å². The molecule has 2 unspecified atom stereocenters. The Morgan fingerprint density at radius 2 is 1.93 bits per heavy atom. The summed E-state index contributed by atoms with van der Waals surface area (Å²) < 4.78 is 4.84. The number of aliphatic hydroxyl groups is 2. The summed E-state index contributed by atoms with van der Waals surface area (Å²) in [6.07, 6.45) is -0.497. The summed E-state index contributed by atoms with van der Waals surface area (Å²) >= 11 is 0. The van der Waals surface area contributed by atoms with Crippen LogP contribution < -0.4 is 0 Å². The average molecular weight is 219 g/mol. The predicted molar refractivity (Wildman–Crippen MR) is 60.8 cm³/mol. The van der Waals surface area contributed by atoms with Crippen molar-refractivity contribution in [1.82, 2.24) is 4.90 Å². The van der Waals surface area contributed by atoms with Crippen LogP contribution in [0.4, 0.5) is 0 Å². The van der Waals surface area contributed by atoms with E-state index in [1.165, 1.54) is 0 Å². The highest BCUT2D eigenvalue weighted by molar-refractivity contribution is 4.80. The Morgan fingerprint density at radius 1 is 1.40 bits per heavy atom. The molecule has 0 spiro atoms. The Kier molecular flexibility index (Phi) is 6.36. The quantitative estimate of drug-likeness (QED) is 0.648. The summed E-state index contributed by atoms with van der Waals surface area (Å²) in [7, 11) is 3.45. The Bertz CT molecular complexity index is 171. The average Bonchev–Trinajstić information content (AvgIpc) is 2.02. The zero-order valence-electron chi connectivity index (χ0n) is 10.5. The molecule has 4 nitrogen and oxygen atoms in total. The molecule has 0 aromatic rings. The van der Waals surface area contributed by atoms with Gasteiger partial charge >= 0.3 is 0 Å². The van der Waals surface area contributed by atoms with Gasteiger partial charge in [0.25, 0.3) is 0 Å². The van der Waals surface area contributed by atoms with Gasteiger partial charge in [0.1, 0.15) is 0 Å². The van der Waals surface area contributed by atoms with Gasteiger partial charge in [0.2, 0.25) is 0 Å². The van der Waals surface area contributed by atoms with Crippen LogP contribution in [0.5, 0.6) is 0 Å². The third kappa shape index (κ3) is 6.10. The van der Waals surface area contributed by atoms with Gasteiger partial charge in [-0.2, -0.15) is 0 Å². The molecule has 0 bridgehead atoms. The SMILES string of the molecule is COCC(O)CN(C)CC(C)(O)C(C)C. The molecular weight excluding hydrogens is 194 g/mol. The van der Waals surface area contributed by atoms with E-state index in [9.17, 15) is 10.2 Å². The smallest absolute Gasteiger partial charge is 0.0899 e. The van der Waals surface area contributed by atoms with Crippen LogP contribution in [0.2, 0.25) is 0 Å². The van der Waals surface area contributed by atoms with Crippen molar-refractivity contribution in [2.45, 2.75) is 32.5 Å². The van der Waals surface area contributed by atoms with Crippen LogP contribution in [0.15, 0.2) is 0 Å². The number of hydrogen-bond donors (Lipinski definition) is 2. The molecule has 0 saturated heterocycles. The normalized spacial score (nSPS) is 18.2. The third-order valence-corrected chi connectivity index (χ3v) is 2.72. The van der Waals surface area contributed by atoms with E-state index >= 15 is 0 Å². The zero-order valence-corrected chi connectivity index (χ0v) is 10.5. The van der Waals surface area contributed by atoms with E-state index in [0.717, 1.165) is 0 Å². The lowest BCUT2D eigenvalue weighted by Gasteiger charge is -2.33. The minimum absolute atomic E-state index is 0.194. The molecule has 15 heavy (non-hydrogen) atoms. The van der Waals surface area contributed by atoms with Gasteiger partial charge in [0.15, 0.2) is 0 Å². The van der Waals surface area contributed by atoms with Crippen molar-refractivity contribution in [2.75, 3.05) is 33.9 Å². The summed E-state index contributed by atoms with van der Waals surface area (Å²) in [4.78, 5) is 1.92. The second-order valence-electron chi connectivity index (χ2n) is 4.82. The molecule has 0 rings (SSSR count). The summed E-state index contributed by atoms with van der Waals surface area (Å²) in [6, 6.07) is 0. The lowest BCUT2D eigenvalue weighted by molar-refractivity contribution is -0.0276. The van der Waals surface area contributed by atoms with Crippen molar-refractivity contribution < 1.29 is 14.9 Å². The fourth-order valence-electron chi connectivity index (χ4n) is 1.40. The van der Waals surface area contributed by atoms with Crippen LogP contribution in [-0.4, -0.2) is 60.7 Å². The van der Waals surface area contributed by atoms with Crippen LogP contribution in [0.1, 0.15) is 20.8 Å². The topological polar surface area (TPSA) is 52.9 Å². The van der Waals surface area contributed by atoms with Gasteiger partial charge in [-0.15, -0.1) is 0 Å². The lowest BCUT2D eigenvalue weighted by Crippen LogP contribution is -2.45. The molecule has 0 saturated carbocycles. The Morgan fingerprint density at radius 3 is 2.33 bits per heavy atom. The predicted octanol–water partition coefficient (Wildman–Crippen LogP) is 0.332. The monoisotopic (exact) mass is 219 g/mol. The molecule has 2 atom stereocenters. The van der Waals surface area contributed by atoms with Crippen molar-refractivity contribution in [1.29, 1.82) is 0 Å². The molecule has 0 heterocycles. The van der Waals surface area contributed by atoms with Gasteiger partial charge in [-0.3, -0.25) is 0 Å². The van der Waals surface area contributed by atoms with Crippen LogP contribution in [0.3, 0.4) is 0 Å². The fourth-order valence-corrected chi connectivity index (χ4v) is 1.40. The number of likely N-dealkylation sites (N-methyl/N-ethyl adjacent to an activating group) is 1. The van der Waals surface area contributed by atoms with Gasteiger partial charge in [0, 0.05) is 20.2 Å². The number of aliphatic hydroxyl groups excluding tert-OH is 1. The van der Waals surface area contributed by atoms with Crippen molar-refractivity contribution in [2.24, 2.45) is 5.92 Å². The first-order chi connectivity index (χ1) is 6.79. The molecule has 0 radical (unpaired) electrons. The Labute approximate surface area is 92.9 Å². The van der Waals surface area contributed by atoms with Crippen molar-refractivity contribution in [3.8, 4) is 0 Å². The molecule has 0 amide bonds. The first-order valence-corrected chi connectivity index (χ1v) is 5.37. The molecule has 0 aromatic heterocycles. The first kappa shape index (κ1) is 14.8. The van der Waals surface area contributed by atoms with E-state index in [4.69, 9.17) is 4.74 Å². The first-order valence-electron chi connectivity index (χ1n) is 5.37. The largest absolute Gasteiger partial charge is 0.389 e. The number of methoxy groups -OCH3 is 1. The van der Waals surface area contributed by atoms with Crippen LogP contribution in [0, 0.1) is 5.92 Å². The van der Waals surface area contributed by atoms with E-state index in [1.807, 2.05) is 32.7 Å². The summed E-state index contributed by atoms with van der Waals surface area (Å²) in [6.45, 7) is 7.17. The number of nitrogens with zero attached hydrogens (tertiary/aromatic N) is 1. The minimum atomic E-state index is -0.721. The highest BCUT2D eigenvalue weighted by Gasteiger charge is 2.26. The summed E-state index contributed by atoms with van der Waals surface area (Å²) in [5, 5.41) is 19.6. The van der Waals surface area contributed by atoms with E-state index in [0.29, 0.717) is 19.7 Å². The number of rotatable bonds is 7. The molecule has 4 heteroatoms. The van der Waals surface area contributed by atoms with Gasteiger partial charge < -0.3 is 19.8 Å². The molecule has 92 valence electrons. The highest BCUT2D eigenvalue weighted by atomic mass is 16.5. The van der Waals surface area contributed by atoms with Gasteiger partial charge in [-0.25, -0.2) is 0 Å². The lowest BCUT2D eigenvalue weighted by atomic mass is 9.92. The maximum atomic E-state index is 10.1. The number of ether oxygens (including phenoxy) is 1. The standard InChI is InChI=1S/C11H25NO3/c1-9(2)11(3,14)8-12(4)6-10(13)7-15-5/h9-10,13-14H,6-8H2,1-5H3. The van der Waals surface area contributed by atoms with E-state index in [-0.39, 0.29) is 5.92 Å². The molecular formula is C11H25NO3. The van der Waals surface area contributed by atoms with E-state index in [2.05, 4.69) is 0 Å². The molecule has 0 fully saturated rings. The second kappa shape index (κ2) is 6.43. The second-order valence-corrected chi connectivity index (χ2v) is 4.82. The maximum absolute atomic E-state index is 10.1. The highest BCUT2D eigenvalue weighted by Crippen LogP contribution is 2.16. The molecule has 0 aromatic carbocycles. The van der Waals surface area contributed by atoms with Crippen LogP contribution in [0.25, 0.3) is 0 Å². The minimum Gasteiger partial charge on any atom is -0.389 e. The van der Waals surface area contributed by atoms with Gasteiger partial charge in [-0.05, 0) is 19.9 Å². The van der Waals surface area contributed by atoms with E-state index < -0.39 is 11.7 Å². The molecule has 2 N–H and O–H groups in total. The number of hydrogen-bond acceptors (Lipinski definition) is 4. The maximum Gasteiger partial charge on any atom is 0.0899 e. The zero-order chi connectivity index (χ0) is 12.1. The van der Waals surface area contributed by atoms with Gasteiger partial charge in [-0.1, -0.05) is 13.8 Å². The van der Waals surface area contributed by atoms with Crippen LogP contribution >= 0.6 is 0 Å². The van der Waals surface area contributed by atoms with Crippen molar-refractivity contribution >= 4 is 0 Å².